The summed E-state index contributed by atoms with van der Waals surface area (Å²) in [4.78, 5) is 0. The first-order valence-electron chi connectivity index (χ1n) is 3.76. The van der Waals surface area contributed by atoms with E-state index in [2.05, 4.69) is 17.5 Å². The van der Waals surface area contributed by atoms with Crippen LogP contribution in [0.3, 0.4) is 0 Å². The van der Waals surface area contributed by atoms with Crippen molar-refractivity contribution in [2.24, 2.45) is 10.5 Å². The number of nitrogens with zero attached hydrogens (tertiary/aromatic N) is 2. The van der Waals surface area contributed by atoms with Crippen molar-refractivity contribution >= 4 is 5.71 Å². The second-order valence-corrected chi connectivity index (χ2v) is 3.33. The van der Waals surface area contributed by atoms with Crippen LogP contribution in [0.4, 0.5) is 0 Å². The van der Waals surface area contributed by atoms with Crippen molar-refractivity contribution in [3.05, 3.63) is 12.3 Å². The molecule has 1 heterocycles. The zero-order chi connectivity index (χ0) is 7.03. The topological polar surface area (TPSA) is 26.5 Å². The Bertz CT molecular complexity index is 199. The Balaban J connectivity index is 2.17. The molecule has 1 fully saturated rings. The smallest absolute Gasteiger partial charge is 0.0705 e. The summed E-state index contributed by atoms with van der Waals surface area (Å²) in [6, 6.07) is 0. The molecule has 2 nitrogen and oxygen atoms in total. The first-order chi connectivity index (χ1) is 4.81. The second kappa shape index (κ2) is 1.84. The van der Waals surface area contributed by atoms with Gasteiger partial charge in [0, 0.05) is 5.41 Å². The molecule has 0 N–H and O–H groups in total. The van der Waals surface area contributed by atoms with Gasteiger partial charge in [0.2, 0.25) is 0 Å². The molecular weight excluding hydrogens is 124 g/mol. The third-order valence-electron chi connectivity index (χ3n) is 2.54. The predicted molar refractivity (Wildman–Crippen MR) is 40.7 cm³/mol. The highest BCUT2D eigenvalue weighted by molar-refractivity contribution is 6.00. The van der Waals surface area contributed by atoms with Gasteiger partial charge in [-0.25, -0.2) is 0 Å². The van der Waals surface area contributed by atoms with E-state index in [4.69, 9.17) is 0 Å². The summed E-state index contributed by atoms with van der Waals surface area (Å²) in [5.74, 6) is 0. The van der Waals surface area contributed by atoms with Crippen LogP contribution in [-0.2, 0) is 0 Å². The summed E-state index contributed by atoms with van der Waals surface area (Å²) in [6.07, 6.45) is 7.72. The fourth-order valence-electron chi connectivity index (χ4n) is 1.52. The van der Waals surface area contributed by atoms with Crippen molar-refractivity contribution in [1.82, 2.24) is 5.43 Å². The van der Waals surface area contributed by atoms with Gasteiger partial charge >= 0.3 is 0 Å². The van der Waals surface area contributed by atoms with E-state index in [-0.39, 0.29) is 0 Å². The summed E-state index contributed by atoms with van der Waals surface area (Å²) in [5, 5.41) is 4.06. The summed E-state index contributed by atoms with van der Waals surface area (Å²) < 4.78 is 0. The SMILES string of the molecule is CC1(C2=N[N]C=C2)CCC1. The molecule has 0 aromatic carbocycles. The summed E-state index contributed by atoms with van der Waals surface area (Å²) >= 11 is 0. The zero-order valence-electron chi connectivity index (χ0n) is 6.17. The lowest BCUT2D eigenvalue weighted by atomic mass is 9.67. The van der Waals surface area contributed by atoms with Crippen molar-refractivity contribution in [3.8, 4) is 0 Å². The van der Waals surface area contributed by atoms with E-state index < -0.39 is 0 Å². The maximum absolute atomic E-state index is 4.06. The van der Waals surface area contributed by atoms with Crippen LogP contribution in [0.25, 0.3) is 0 Å². The van der Waals surface area contributed by atoms with Crippen molar-refractivity contribution in [3.63, 3.8) is 0 Å². The van der Waals surface area contributed by atoms with Crippen LogP contribution in [0.5, 0.6) is 0 Å². The van der Waals surface area contributed by atoms with E-state index in [1.165, 1.54) is 25.0 Å². The normalized spacial score (nSPS) is 27.1. The molecule has 0 atom stereocenters. The van der Waals surface area contributed by atoms with E-state index in [1.807, 2.05) is 6.08 Å². The first kappa shape index (κ1) is 5.96. The largest absolute Gasteiger partial charge is 0.159 e. The first-order valence-corrected chi connectivity index (χ1v) is 3.76. The van der Waals surface area contributed by atoms with Crippen molar-refractivity contribution < 1.29 is 0 Å². The maximum Gasteiger partial charge on any atom is 0.0705 e. The van der Waals surface area contributed by atoms with Crippen LogP contribution in [0, 0.1) is 5.41 Å². The summed E-state index contributed by atoms with van der Waals surface area (Å²) in [7, 11) is 0. The van der Waals surface area contributed by atoms with Crippen molar-refractivity contribution in [2.45, 2.75) is 26.2 Å². The molecular formula is C8H11N2. The molecule has 10 heavy (non-hydrogen) atoms. The third-order valence-corrected chi connectivity index (χ3v) is 2.54. The van der Waals surface area contributed by atoms with Gasteiger partial charge in [0.05, 0.1) is 11.9 Å². The van der Waals surface area contributed by atoms with Crippen LogP contribution in [-0.4, -0.2) is 5.71 Å². The molecule has 0 spiro atoms. The fourth-order valence-corrected chi connectivity index (χ4v) is 1.52. The zero-order valence-corrected chi connectivity index (χ0v) is 6.17. The van der Waals surface area contributed by atoms with Gasteiger partial charge in [-0.15, -0.1) is 0 Å². The van der Waals surface area contributed by atoms with E-state index in [0.717, 1.165) is 0 Å². The van der Waals surface area contributed by atoms with Gasteiger partial charge in [-0.1, -0.05) is 13.3 Å². The molecule has 53 valence electrons. The minimum Gasteiger partial charge on any atom is -0.159 e. The van der Waals surface area contributed by atoms with Crippen LogP contribution in [0.1, 0.15) is 26.2 Å². The molecule has 0 aromatic heterocycles. The molecule has 1 saturated carbocycles. The average molecular weight is 135 g/mol. The van der Waals surface area contributed by atoms with Gasteiger partial charge in [0.25, 0.3) is 0 Å². The standard InChI is InChI=1S/C8H11N2/c1-8(4-2-5-8)7-3-6-9-10-7/h3,6H,2,4-5H2,1H3. The van der Waals surface area contributed by atoms with Crippen LogP contribution >= 0.6 is 0 Å². The van der Waals surface area contributed by atoms with E-state index in [0.29, 0.717) is 5.41 Å². The number of allylic oxidation sites excluding steroid dienone is 1. The Morgan fingerprint density at radius 3 is 2.70 bits per heavy atom. The average Bonchev–Trinajstić information content (AvgIpc) is 2.33. The monoisotopic (exact) mass is 135 g/mol. The van der Waals surface area contributed by atoms with Crippen LogP contribution in [0.2, 0.25) is 0 Å². The molecule has 0 saturated heterocycles. The van der Waals surface area contributed by atoms with Gasteiger partial charge in [-0.3, -0.25) is 0 Å². The molecule has 0 bridgehead atoms. The Kier molecular flexibility index (Phi) is 1.10. The second-order valence-electron chi connectivity index (χ2n) is 3.33. The molecule has 0 amide bonds. The minimum atomic E-state index is 0.372. The van der Waals surface area contributed by atoms with Crippen LogP contribution in [0.15, 0.2) is 17.4 Å². The Morgan fingerprint density at radius 1 is 1.50 bits per heavy atom. The highest BCUT2D eigenvalue weighted by Gasteiger charge is 2.36. The van der Waals surface area contributed by atoms with Gasteiger partial charge in [0.15, 0.2) is 0 Å². The minimum absolute atomic E-state index is 0.372. The number of rotatable bonds is 1. The van der Waals surface area contributed by atoms with E-state index >= 15 is 0 Å². The molecule has 2 aliphatic rings. The lowest BCUT2D eigenvalue weighted by molar-refractivity contribution is 0.263. The van der Waals surface area contributed by atoms with Crippen LogP contribution < -0.4 is 5.43 Å². The molecule has 2 heteroatoms. The highest BCUT2D eigenvalue weighted by Crippen LogP contribution is 2.42. The molecule has 0 unspecified atom stereocenters. The van der Waals surface area contributed by atoms with Gasteiger partial charge in [0.1, 0.15) is 0 Å². The van der Waals surface area contributed by atoms with Gasteiger partial charge < -0.3 is 0 Å². The lowest BCUT2D eigenvalue weighted by Gasteiger charge is -2.37. The Hall–Kier alpha value is -0.790. The predicted octanol–water partition coefficient (Wildman–Crippen LogP) is 1.66. The van der Waals surface area contributed by atoms with Gasteiger partial charge in [-0.2, -0.15) is 10.5 Å². The molecule has 0 aromatic rings. The van der Waals surface area contributed by atoms with Crippen molar-refractivity contribution in [1.29, 1.82) is 0 Å². The fraction of sp³-hybridized carbons (Fsp3) is 0.625. The molecule has 1 aliphatic heterocycles. The van der Waals surface area contributed by atoms with Crippen molar-refractivity contribution in [2.75, 3.05) is 0 Å². The maximum atomic E-state index is 4.06. The summed E-state index contributed by atoms with van der Waals surface area (Å²) in [6.45, 7) is 2.26. The number of hydrogen-bond acceptors (Lipinski definition) is 1. The van der Waals surface area contributed by atoms with E-state index in [9.17, 15) is 0 Å². The Morgan fingerprint density at radius 2 is 2.30 bits per heavy atom. The third kappa shape index (κ3) is 0.681. The quantitative estimate of drug-likeness (QED) is 0.523. The van der Waals surface area contributed by atoms with Gasteiger partial charge in [-0.05, 0) is 18.9 Å². The van der Waals surface area contributed by atoms with E-state index in [1.54, 1.807) is 6.20 Å². The molecule has 1 radical (unpaired) electrons. The molecule has 2 rings (SSSR count). The number of hydrogen-bond donors (Lipinski definition) is 0. The Labute approximate surface area is 61.0 Å². The lowest BCUT2D eigenvalue weighted by Crippen LogP contribution is -2.33. The summed E-state index contributed by atoms with van der Waals surface area (Å²) in [5.41, 5.74) is 5.37. The molecule has 1 aliphatic carbocycles. The highest BCUT2D eigenvalue weighted by atomic mass is 15.3.